The van der Waals surface area contributed by atoms with Crippen LogP contribution in [0.25, 0.3) is 0 Å². The van der Waals surface area contributed by atoms with Crippen molar-refractivity contribution in [3.05, 3.63) is 11.8 Å². The van der Waals surface area contributed by atoms with Crippen molar-refractivity contribution in [1.82, 2.24) is 9.97 Å². The SMILES string of the molecule is CCCOc1cc(C)nc(NCC2CC2(C)C)n1. The van der Waals surface area contributed by atoms with Crippen molar-refractivity contribution in [3.8, 4) is 5.88 Å². The van der Waals surface area contributed by atoms with Crippen LogP contribution in [0.2, 0.25) is 0 Å². The van der Waals surface area contributed by atoms with Crippen LogP contribution in [0, 0.1) is 18.3 Å². The Morgan fingerprint density at radius 3 is 2.78 bits per heavy atom. The number of aromatic nitrogens is 2. The van der Waals surface area contributed by atoms with E-state index in [1.54, 1.807) is 0 Å². The van der Waals surface area contributed by atoms with Gasteiger partial charge in [-0.2, -0.15) is 4.98 Å². The minimum absolute atomic E-state index is 0.484. The topological polar surface area (TPSA) is 47.0 Å². The minimum atomic E-state index is 0.484. The minimum Gasteiger partial charge on any atom is -0.478 e. The summed E-state index contributed by atoms with van der Waals surface area (Å²) in [7, 11) is 0. The molecule has 1 aliphatic carbocycles. The molecule has 1 aromatic rings. The van der Waals surface area contributed by atoms with Crippen LogP contribution in [0.5, 0.6) is 5.88 Å². The molecule has 0 aromatic carbocycles. The number of ether oxygens (including phenoxy) is 1. The van der Waals surface area contributed by atoms with E-state index in [9.17, 15) is 0 Å². The third-order valence-electron chi connectivity index (χ3n) is 3.51. The Bertz CT molecular complexity index is 418. The Labute approximate surface area is 109 Å². The Kier molecular flexibility index (Phi) is 3.73. The lowest BCUT2D eigenvalue weighted by atomic mass is 10.1. The first-order valence-corrected chi connectivity index (χ1v) is 6.73. The smallest absolute Gasteiger partial charge is 0.226 e. The van der Waals surface area contributed by atoms with Gasteiger partial charge in [0.15, 0.2) is 0 Å². The number of rotatable bonds is 6. The van der Waals surface area contributed by atoms with Crippen LogP contribution in [-0.2, 0) is 0 Å². The van der Waals surface area contributed by atoms with Crippen LogP contribution in [-0.4, -0.2) is 23.1 Å². The molecule has 0 saturated heterocycles. The summed E-state index contributed by atoms with van der Waals surface area (Å²) in [5.41, 5.74) is 1.42. The zero-order valence-electron chi connectivity index (χ0n) is 11.8. The van der Waals surface area contributed by atoms with E-state index in [2.05, 4.69) is 36.1 Å². The number of hydrogen-bond donors (Lipinski definition) is 1. The first-order valence-electron chi connectivity index (χ1n) is 6.73. The molecule has 0 spiro atoms. The van der Waals surface area contributed by atoms with Crippen LogP contribution in [0.4, 0.5) is 5.95 Å². The molecule has 1 fully saturated rings. The fourth-order valence-corrected chi connectivity index (χ4v) is 2.04. The third kappa shape index (κ3) is 3.34. The van der Waals surface area contributed by atoms with Crippen molar-refractivity contribution in [2.75, 3.05) is 18.5 Å². The quantitative estimate of drug-likeness (QED) is 0.841. The molecule has 1 saturated carbocycles. The monoisotopic (exact) mass is 249 g/mol. The zero-order valence-corrected chi connectivity index (χ0v) is 11.8. The van der Waals surface area contributed by atoms with Crippen LogP contribution in [0.1, 0.15) is 39.3 Å². The van der Waals surface area contributed by atoms with Crippen molar-refractivity contribution in [2.24, 2.45) is 11.3 Å². The number of aryl methyl sites for hydroxylation is 1. The summed E-state index contributed by atoms with van der Waals surface area (Å²) in [6.45, 7) is 10.3. The molecule has 1 aromatic heterocycles. The lowest BCUT2D eigenvalue weighted by Gasteiger charge is -2.09. The van der Waals surface area contributed by atoms with Crippen molar-refractivity contribution >= 4 is 5.95 Å². The van der Waals surface area contributed by atoms with E-state index in [-0.39, 0.29) is 0 Å². The van der Waals surface area contributed by atoms with E-state index in [0.29, 0.717) is 23.9 Å². The molecule has 2 rings (SSSR count). The van der Waals surface area contributed by atoms with Gasteiger partial charge in [-0.15, -0.1) is 0 Å². The van der Waals surface area contributed by atoms with Crippen molar-refractivity contribution in [3.63, 3.8) is 0 Å². The van der Waals surface area contributed by atoms with E-state index >= 15 is 0 Å². The maximum Gasteiger partial charge on any atom is 0.226 e. The molecule has 0 amide bonds. The summed E-state index contributed by atoms with van der Waals surface area (Å²) in [6.07, 6.45) is 2.27. The predicted octanol–water partition coefficient (Wildman–Crippen LogP) is 3.03. The normalized spacial score (nSPS) is 20.6. The van der Waals surface area contributed by atoms with E-state index < -0.39 is 0 Å². The van der Waals surface area contributed by atoms with Gasteiger partial charge in [0, 0.05) is 18.3 Å². The second kappa shape index (κ2) is 5.12. The zero-order chi connectivity index (χ0) is 13.2. The van der Waals surface area contributed by atoms with Crippen LogP contribution < -0.4 is 10.1 Å². The third-order valence-corrected chi connectivity index (χ3v) is 3.51. The van der Waals surface area contributed by atoms with Gasteiger partial charge in [-0.1, -0.05) is 20.8 Å². The van der Waals surface area contributed by atoms with Gasteiger partial charge in [0.05, 0.1) is 6.61 Å². The highest BCUT2D eigenvalue weighted by molar-refractivity contribution is 5.31. The molecule has 1 heterocycles. The van der Waals surface area contributed by atoms with Gasteiger partial charge in [0.1, 0.15) is 0 Å². The molecule has 4 heteroatoms. The highest BCUT2D eigenvalue weighted by atomic mass is 16.5. The first-order chi connectivity index (χ1) is 8.51. The van der Waals surface area contributed by atoms with Crippen molar-refractivity contribution in [2.45, 2.75) is 40.5 Å². The summed E-state index contributed by atoms with van der Waals surface area (Å²) >= 11 is 0. The molecule has 18 heavy (non-hydrogen) atoms. The average molecular weight is 249 g/mol. The Balaban J connectivity index is 1.93. The molecule has 100 valence electrons. The first kappa shape index (κ1) is 13.1. The van der Waals surface area contributed by atoms with Gasteiger partial charge in [-0.05, 0) is 31.1 Å². The average Bonchev–Trinajstić information content (AvgIpc) is 2.91. The molecule has 0 bridgehead atoms. The second-order valence-corrected chi connectivity index (χ2v) is 5.79. The Morgan fingerprint density at radius 1 is 1.44 bits per heavy atom. The van der Waals surface area contributed by atoms with Gasteiger partial charge in [0.25, 0.3) is 0 Å². The van der Waals surface area contributed by atoms with Crippen molar-refractivity contribution < 1.29 is 4.74 Å². The summed E-state index contributed by atoms with van der Waals surface area (Å²) in [4.78, 5) is 8.76. The molecule has 0 radical (unpaired) electrons. The fourth-order valence-electron chi connectivity index (χ4n) is 2.04. The molecule has 1 unspecified atom stereocenters. The Morgan fingerprint density at radius 2 is 2.17 bits per heavy atom. The van der Waals surface area contributed by atoms with Crippen molar-refractivity contribution in [1.29, 1.82) is 0 Å². The van der Waals surface area contributed by atoms with Crippen LogP contribution in [0.3, 0.4) is 0 Å². The Hall–Kier alpha value is -1.32. The largest absolute Gasteiger partial charge is 0.478 e. The maximum atomic E-state index is 5.55. The summed E-state index contributed by atoms with van der Waals surface area (Å²) in [5, 5.41) is 3.32. The van der Waals surface area contributed by atoms with Gasteiger partial charge >= 0.3 is 0 Å². The number of hydrogen-bond acceptors (Lipinski definition) is 4. The lowest BCUT2D eigenvalue weighted by Crippen LogP contribution is -2.11. The van der Waals surface area contributed by atoms with Gasteiger partial charge in [-0.3, -0.25) is 0 Å². The molecular weight excluding hydrogens is 226 g/mol. The predicted molar refractivity (Wildman–Crippen MR) is 72.9 cm³/mol. The number of nitrogens with one attached hydrogen (secondary N) is 1. The maximum absolute atomic E-state index is 5.55. The fraction of sp³-hybridized carbons (Fsp3) is 0.714. The standard InChI is InChI=1S/C14H23N3O/c1-5-6-18-12-7-10(2)16-13(17-12)15-9-11-8-14(11,3)4/h7,11H,5-6,8-9H2,1-4H3,(H,15,16,17). The summed E-state index contributed by atoms with van der Waals surface area (Å²) in [5.74, 6) is 2.09. The highest BCUT2D eigenvalue weighted by Crippen LogP contribution is 2.51. The molecular formula is C14H23N3O. The summed E-state index contributed by atoms with van der Waals surface area (Å²) < 4.78 is 5.55. The molecule has 4 nitrogen and oxygen atoms in total. The van der Waals surface area contributed by atoms with Crippen LogP contribution in [0.15, 0.2) is 6.07 Å². The summed E-state index contributed by atoms with van der Waals surface area (Å²) in [6, 6.07) is 1.88. The number of anilines is 1. The van der Waals surface area contributed by atoms with Crippen LogP contribution >= 0.6 is 0 Å². The van der Waals surface area contributed by atoms with E-state index in [4.69, 9.17) is 4.74 Å². The lowest BCUT2D eigenvalue weighted by molar-refractivity contribution is 0.305. The molecule has 1 N–H and O–H groups in total. The number of nitrogens with zero attached hydrogens (tertiary/aromatic N) is 2. The molecule has 0 aliphatic heterocycles. The molecule has 1 aliphatic rings. The van der Waals surface area contributed by atoms with Gasteiger partial charge in [-0.25, -0.2) is 4.98 Å². The second-order valence-electron chi connectivity index (χ2n) is 5.79. The highest BCUT2D eigenvalue weighted by Gasteiger charge is 2.45. The van der Waals surface area contributed by atoms with Gasteiger partial charge in [0.2, 0.25) is 11.8 Å². The van der Waals surface area contributed by atoms with E-state index in [1.165, 1.54) is 6.42 Å². The van der Waals surface area contributed by atoms with Gasteiger partial charge < -0.3 is 10.1 Å². The van der Waals surface area contributed by atoms with E-state index in [0.717, 1.165) is 24.6 Å². The molecule has 1 atom stereocenters. The van der Waals surface area contributed by atoms with E-state index in [1.807, 2.05) is 13.0 Å².